The normalized spacial score (nSPS) is 19.2. The quantitative estimate of drug-likeness (QED) is 0.796. The number of benzene rings is 2. The Labute approximate surface area is 146 Å². The Bertz CT molecular complexity index is 883. The van der Waals surface area contributed by atoms with Crippen LogP contribution in [0.4, 0.5) is 5.69 Å². The number of hydrogen-bond donors (Lipinski definition) is 1. The van der Waals surface area contributed by atoms with Gasteiger partial charge in [-0.05, 0) is 24.1 Å². The molecule has 4 nitrogen and oxygen atoms in total. The zero-order valence-electron chi connectivity index (χ0n) is 13.5. The van der Waals surface area contributed by atoms with Crippen LogP contribution in [-0.2, 0) is 0 Å². The van der Waals surface area contributed by atoms with E-state index in [-0.39, 0.29) is 6.04 Å². The maximum absolute atomic E-state index is 6.37. The second kappa shape index (κ2) is 5.80. The largest absolute Gasteiger partial charge is 0.369 e. The summed E-state index contributed by atoms with van der Waals surface area (Å²) in [5.74, 6) is 0.778. The van der Waals surface area contributed by atoms with Crippen LogP contribution in [0.2, 0.25) is 0 Å². The Morgan fingerprint density at radius 1 is 1.12 bits per heavy atom. The topological polar surface area (TPSA) is 40.0 Å². The van der Waals surface area contributed by atoms with Gasteiger partial charge in [-0.15, -0.1) is 0 Å². The number of aliphatic imine (C=N–C) groups is 2. The summed E-state index contributed by atoms with van der Waals surface area (Å²) in [6, 6.07) is 16.6. The second-order valence-corrected chi connectivity index (χ2v) is 6.37. The number of halogens is 1. The van der Waals surface area contributed by atoms with Gasteiger partial charge in [0.25, 0.3) is 0 Å². The molecule has 0 aromatic heterocycles. The molecule has 0 amide bonds. The molecule has 2 aliphatic rings. The summed E-state index contributed by atoms with van der Waals surface area (Å²) in [6.45, 7) is 2.08. The molecule has 24 heavy (non-hydrogen) atoms. The Morgan fingerprint density at radius 2 is 1.92 bits per heavy atom. The first-order valence-electron chi connectivity index (χ1n) is 7.81. The molecule has 0 saturated carbocycles. The van der Waals surface area contributed by atoms with Crippen molar-refractivity contribution in [2.75, 3.05) is 7.05 Å². The van der Waals surface area contributed by atoms with Crippen LogP contribution in [0, 0.1) is 6.92 Å². The van der Waals surface area contributed by atoms with E-state index in [4.69, 9.17) is 16.6 Å². The molecular formula is C19H17ClN4. The Kier molecular flexibility index (Phi) is 3.62. The molecule has 0 radical (unpaired) electrons. The monoisotopic (exact) mass is 336 g/mol. The molecule has 4 rings (SSSR count). The van der Waals surface area contributed by atoms with E-state index in [0.29, 0.717) is 5.16 Å². The third-order valence-electron chi connectivity index (χ3n) is 4.25. The average Bonchev–Trinajstić information content (AvgIpc) is 2.76. The first-order chi connectivity index (χ1) is 11.6. The van der Waals surface area contributed by atoms with E-state index in [1.54, 1.807) is 6.34 Å². The lowest BCUT2D eigenvalue weighted by molar-refractivity contribution is 0.685. The summed E-state index contributed by atoms with van der Waals surface area (Å²) >= 11 is 6.37. The van der Waals surface area contributed by atoms with Crippen LogP contribution in [0.15, 0.2) is 69.4 Å². The lowest BCUT2D eigenvalue weighted by Gasteiger charge is -2.25. The lowest BCUT2D eigenvalue weighted by Crippen LogP contribution is -2.36. The van der Waals surface area contributed by atoms with Gasteiger partial charge < -0.3 is 10.2 Å². The maximum Gasteiger partial charge on any atom is 0.160 e. The fourth-order valence-electron chi connectivity index (χ4n) is 3.02. The SMILES string of the molecule is Cc1ccc2c(c1)N=C1C(=C(Cl)N=CN1C)NC2c1ccccc1. The van der Waals surface area contributed by atoms with Crippen LogP contribution < -0.4 is 5.32 Å². The van der Waals surface area contributed by atoms with Crippen LogP contribution in [0.1, 0.15) is 22.7 Å². The average molecular weight is 337 g/mol. The smallest absolute Gasteiger partial charge is 0.160 e. The molecule has 5 heteroatoms. The molecule has 2 aromatic rings. The standard InChI is InChI=1S/C19H17ClN4/c1-12-8-9-14-15(10-12)22-19-17(18(20)21-11-24(19)2)23-16(14)13-6-4-3-5-7-13/h3-11,16,23H,1-2H3. The van der Waals surface area contributed by atoms with Crippen molar-refractivity contribution in [2.45, 2.75) is 13.0 Å². The predicted molar refractivity (Wildman–Crippen MR) is 98.8 cm³/mol. The number of hydrogen-bond acceptors (Lipinski definition) is 4. The van der Waals surface area contributed by atoms with E-state index in [1.807, 2.05) is 30.1 Å². The van der Waals surface area contributed by atoms with Gasteiger partial charge in [0.1, 0.15) is 5.70 Å². The molecule has 2 aliphatic heterocycles. The van der Waals surface area contributed by atoms with Crippen LogP contribution in [0.3, 0.4) is 0 Å². The third kappa shape index (κ3) is 2.49. The number of fused-ring (bicyclic) bond motifs is 2. The van der Waals surface area contributed by atoms with Crippen LogP contribution in [0.5, 0.6) is 0 Å². The van der Waals surface area contributed by atoms with E-state index in [0.717, 1.165) is 28.3 Å². The minimum atomic E-state index is -0.0338. The van der Waals surface area contributed by atoms with E-state index >= 15 is 0 Å². The first-order valence-corrected chi connectivity index (χ1v) is 8.19. The Balaban J connectivity index is 1.95. The molecule has 120 valence electrons. The molecule has 0 spiro atoms. The summed E-state index contributed by atoms with van der Waals surface area (Å²) in [6.07, 6.45) is 1.69. The highest BCUT2D eigenvalue weighted by Gasteiger charge is 2.29. The van der Waals surface area contributed by atoms with Crippen molar-refractivity contribution in [1.82, 2.24) is 10.2 Å². The zero-order valence-corrected chi connectivity index (χ0v) is 14.2. The second-order valence-electron chi connectivity index (χ2n) is 6.01. The highest BCUT2D eigenvalue weighted by Crippen LogP contribution is 2.36. The number of aryl methyl sites for hydroxylation is 1. The van der Waals surface area contributed by atoms with Crippen molar-refractivity contribution >= 4 is 29.5 Å². The number of nitrogens with one attached hydrogen (secondary N) is 1. The fraction of sp³-hybridized carbons (Fsp3) is 0.158. The summed E-state index contributed by atoms with van der Waals surface area (Å²) < 4.78 is 0. The third-order valence-corrected chi connectivity index (χ3v) is 4.54. The van der Waals surface area contributed by atoms with Crippen molar-refractivity contribution < 1.29 is 0 Å². The molecule has 1 atom stereocenters. The van der Waals surface area contributed by atoms with Gasteiger partial charge in [-0.2, -0.15) is 0 Å². The van der Waals surface area contributed by atoms with Gasteiger partial charge in [-0.25, -0.2) is 9.98 Å². The van der Waals surface area contributed by atoms with Crippen molar-refractivity contribution in [3.05, 3.63) is 76.1 Å². The molecule has 1 unspecified atom stereocenters. The van der Waals surface area contributed by atoms with Gasteiger partial charge in [0, 0.05) is 12.6 Å². The summed E-state index contributed by atoms with van der Waals surface area (Å²) in [5, 5.41) is 3.98. The summed E-state index contributed by atoms with van der Waals surface area (Å²) in [4.78, 5) is 11.0. The van der Waals surface area contributed by atoms with Gasteiger partial charge in [0.05, 0.1) is 18.1 Å². The molecule has 0 fully saturated rings. The number of rotatable bonds is 1. The van der Waals surface area contributed by atoms with Crippen LogP contribution in [-0.4, -0.2) is 24.1 Å². The minimum absolute atomic E-state index is 0.0338. The summed E-state index contributed by atoms with van der Waals surface area (Å²) in [7, 11) is 1.92. The fourth-order valence-corrected chi connectivity index (χ4v) is 3.21. The number of likely N-dealkylation sites (N-methyl/N-ethyl adjacent to an activating group) is 1. The van der Waals surface area contributed by atoms with Gasteiger partial charge in [-0.1, -0.05) is 54.1 Å². The molecule has 2 aromatic carbocycles. The number of amidine groups is 1. The van der Waals surface area contributed by atoms with Crippen molar-refractivity contribution in [3.63, 3.8) is 0 Å². The first kappa shape index (κ1) is 15.0. The van der Waals surface area contributed by atoms with Crippen LogP contribution >= 0.6 is 11.6 Å². The molecule has 0 saturated heterocycles. The van der Waals surface area contributed by atoms with E-state index in [2.05, 4.69) is 47.6 Å². The van der Waals surface area contributed by atoms with Gasteiger partial charge >= 0.3 is 0 Å². The van der Waals surface area contributed by atoms with Crippen molar-refractivity contribution in [3.8, 4) is 0 Å². The molecule has 2 heterocycles. The van der Waals surface area contributed by atoms with E-state index in [9.17, 15) is 0 Å². The lowest BCUT2D eigenvalue weighted by atomic mass is 9.96. The molecular weight excluding hydrogens is 320 g/mol. The van der Waals surface area contributed by atoms with Crippen LogP contribution in [0.25, 0.3) is 0 Å². The summed E-state index contributed by atoms with van der Waals surface area (Å²) in [5.41, 5.74) is 5.17. The number of nitrogens with zero attached hydrogens (tertiary/aromatic N) is 3. The minimum Gasteiger partial charge on any atom is -0.369 e. The molecule has 1 N–H and O–H groups in total. The van der Waals surface area contributed by atoms with Gasteiger partial charge in [0.15, 0.2) is 11.0 Å². The van der Waals surface area contributed by atoms with E-state index in [1.165, 1.54) is 5.56 Å². The highest BCUT2D eigenvalue weighted by molar-refractivity contribution is 6.33. The van der Waals surface area contributed by atoms with Crippen molar-refractivity contribution in [1.29, 1.82) is 0 Å². The van der Waals surface area contributed by atoms with E-state index < -0.39 is 0 Å². The Morgan fingerprint density at radius 3 is 2.71 bits per heavy atom. The predicted octanol–water partition coefficient (Wildman–Crippen LogP) is 4.10. The van der Waals surface area contributed by atoms with Crippen molar-refractivity contribution in [2.24, 2.45) is 9.98 Å². The molecule has 0 bridgehead atoms. The van der Waals surface area contributed by atoms with Gasteiger partial charge in [0.2, 0.25) is 0 Å². The molecule has 0 aliphatic carbocycles. The Hall–Kier alpha value is -2.59. The van der Waals surface area contributed by atoms with Gasteiger partial charge in [-0.3, -0.25) is 0 Å². The zero-order chi connectivity index (χ0) is 16.7. The maximum atomic E-state index is 6.37. The highest BCUT2D eigenvalue weighted by atomic mass is 35.5.